The summed E-state index contributed by atoms with van der Waals surface area (Å²) in [4.78, 5) is 19.5. The fourth-order valence-corrected chi connectivity index (χ4v) is 3.22. The Hall–Kier alpha value is -1.82. The van der Waals surface area contributed by atoms with E-state index in [1.54, 1.807) is 0 Å². The van der Waals surface area contributed by atoms with E-state index in [-0.39, 0.29) is 12.1 Å². The Kier molecular flexibility index (Phi) is 3.73. The molecular weight excluding hydrogens is 256 g/mol. The predicted molar refractivity (Wildman–Crippen MR) is 75.4 cm³/mol. The van der Waals surface area contributed by atoms with Gasteiger partial charge in [-0.25, -0.2) is 5.84 Å². The van der Waals surface area contributed by atoms with E-state index in [2.05, 4.69) is 21.6 Å². The lowest BCUT2D eigenvalue weighted by Crippen LogP contribution is -2.59. The van der Waals surface area contributed by atoms with Gasteiger partial charge in [0.25, 0.3) is 0 Å². The number of amides is 1. The molecule has 20 heavy (non-hydrogen) atoms. The minimum absolute atomic E-state index is 0.0212. The van der Waals surface area contributed by atoms with Crippen LogP contribution in [0.1, 0.15) is 32.1 Å². The molecule has 2 aliphatic carbocycles. The number of rotatable bonds is 2. The number of hydrazine groups is 1. The molecule has 108 valence electrons. The maximum absolute atomic E-state index is 12.0. The van der Waals surface area contributed by atoms with Gasteiger partial charge in [0, 0.05) is 6.04 Å². The summed E-state index contributed by atoms with van der Waals surface area (Å²) in [5.41, 5.74) is 2.17. The quantitative estimate of drug-likeness (QED) is 0.444. The van der Waals surface area contributed by atoms with Crippen molar-refractivity contribution in [1.29, 1.82) is 0 Å². The number of nitrogens with one attached hydrogen (secondary N) is 1. The molecule has 2 unspecified atom stereocenters. The van der Waals surface area contributed by atoms with E-state index in [9.17, 15) is 4.79 Å². The molecule has 6 heteroatoms. The van der Waals surface area contributed by atoms with Crippen molar-refractivity contribution < 1.29 is 9.63 Å². The summed E-state index contributed by atoms with van der Waals surface area (Å²) in [7, 11) is 0. The second-order valence-electron chi connectivity index (χ2n) is 5.42. The summed E-state index contributed by atoms with van der Waals surface area (Å²) in [5, 5.41) is 4.01. The van der Waals surface area contributed by atoms with Gasteiger partial charge in [0.1, 0.15) is 0 Å². The van der Waals surface area contributed by atoms with Crippen molar-refractivity contribution in [3.8, 4) is 0 Å². The average Bonchev–Trinajstić information content (AvgIpc) is 2.53. The molecule has 0 bridgehead atoms. The Labute approximate surface area is 118 Å². The number of allylic oxidation sites excluding steroid dienone is 2. The number of amidine groups is 1. The maximum atomic E-state index is 12.0. The molecule has 0 saturated heterocycles. The molecule has 0 aromatic heterocycles. The Balaban J connectivity index is 1.91. The van der Waals surface area contributed by atoms with Gasteiger partial charge < -0.3 is 9.74 Å². The molecule has 1 aliphatic heterocycles. The van der Waals surface area contributed by atoms with E-state index in [1.807, 2.05) is 18.2 Å². The summed E-state index contributed by atoms with van der Waals surface area (Å²) < 4.78 is 0. The summed E-state index contributed by atoms with van der Waals surface area (Å²) in [6.07, 6.45) is 13.7. The number of hydrogen-bond acceptors (Lipinski definition) is 5. The molecule has 2 atom stereocenters. The lowest BCUT2D eigenvalue weighted by Gasteiger charge is -2.44. The van der Waals surface area contributed by atoms with Gasteiger partial charge in [0.15, 0.2) is 6.10 Å². The average molecular weight is 276 g/mol. The first-order valence-electron chi connectivity index (χ1n) is 7.19. The van der Waals surface area contributed by atoms with E-state index in [0.717, 1.165) is 12.8 Å². The number of carbonyl (C=O) groups is 1. The first-order valence-corrected chi connectivity index (χ1v) is 7.19. The number of hydrogen-bond donors (Lipinski definition) is 2. The number of fused-ring (bicyclic) bond motifs is 1. The molecule has 3 rings (SSSR count). The molecule has 0 radical (unpaired) electrons. The number of nitrogens with two attached hydrogens (primary N) is 1. The van der Waals surface area contributed by atoms with Gasteiger partial charge in [-0.1, -0.05) is 42.6 Å². The van der Waals surface area contributed by atoms with E-state index >= 15 is 0 Å². The van der Waals surface area contributed by atoms with E-state index < -0.39 is 5.91 Å². The van der Waals surface area contributed by atoms with Crippen LogP contribution in [0, 0.1) is 0 Å². The smallest absolute Gasteiger partial charge is 0.304 e. The van der Waals surface area contributed by atoms with E-state index in [1.165, 1.54) is 19.3 Å². The fraction of sp³-hybridized carbons (Fsp3) is 0.571. The molecule has 0 aromatic carbocycles. The van der Waals surface area contributed by atoms with Gasteiger partial charge >= 0.3 is 5.91 Å². The van der Waals surface area contributed by atoms with Crippen LogP contribution in [0.15, 0.2) is 29.5 Å². The molecule has 0 aromatic rings. The Morgan fingerprint density at radius 1 is 1.30 bits per heavy atom. The van der Waals surface area contributed by atoms with Crippen molar-refractivity contribution in [1.82, 2.24) is 10.3 Å². The van der Waals surface area contributed by atoms with Crippen molar-refractivity contribution >= 4 is 11.7 Å². The summed E-state index contributed by atoms with van der Waals surface area (Å²) in [6.45, 7) is 0. The topological polar surface area (TPSA) is 79.9 Å². The highest BCUT2D eigenvalue weighted by molar-refractivity contribution is 6.37. The molecular formula is C14H20N4O2. The highest BCUT2D eigenvalue weighted by Gasteiger charge is 2.40. The monoisotopic (exact) mass is 276 g/mol. The molecule has 1 saturated carbocycles. The second-order valence-corrected chi connectivity index (χ2v) is 5.42. The van der Waals surface area contributed by atoms with Crippen LogP contribution in [0.25, 0.3) is 0 Å². The Bertz CT molecular complexity index is 466. The lowest BCUT2D eigenvalue weighted by atomic mass is 9.91. The van der Waals surface area contributed by atoms with Gasteiger partial charge in [-0.3, -0.25) is 10.2 Å². The van der Waals surface area contributed by atoms with Gasteiger partial charge in [-0.2, -0.15) is 0 Å². The summed E-state index contributed by atoms with van der Waals surface area (Å²) >= 11 is 0. The van der Waals surface area contributed by atoms with Gasteiger partial charge in [-0.05, 0) is 18.9 Å². The van der Waals surface area contributed by atoms with Crippen molar-refractivity contribution in [2.24, 2.45) is 11.0 Å². The van der Waals surface area contributed by atoms with Crippen LogP contribution < -0.4 is 11.3 Å². The SMILES string of the molecule is NNC(=O)C1=NOC2C=CC=CC2N1C1CCCCC1. The number of nitrogens with zero attached hydrogens (tertiary/aromatic N) is 2. The normalized spacial score (nSPS) is 29.4. The zero-order valence-electron chi connectivity index (χ0n) is 11.4. The highest BCUT2D eigenvalue weighted by atomic mass is 16.6. The van der Waals surface area contributed by atoms with Gasteiger partial charge in [0.2, 0.25) is 5.84 Å². The minimum Gasteiger partial charge on any atom is -0.384 e. The molecule has 3 aliphatic rings. The third-order valence-corrected chi connectivity index (χ3v) is 4.19. The largest absolute Gasteiger partial charge is 0.384 e. The van der Waals surface area contributed by atoms with Crippen molar-refractivity contribution in [3.05, 3.63) is 24.3 Å². The Morgan fingerprint density at radius 2 is 2.05 bits per heavy atom. The highest BCUT2D eigenvalue weighted by Crippen LogP contribution is 2.30. The third kappa shape index (κ3) is 2.31. The maximum Gasteiger partial charge on any atom is 0.304 e. The van der Waals surface area contributed by atoms with Gasteiger partial charge in [-0.15, -0.1) is 0 Å². The molecule has 1 heterocycles. The van der Waals surface area contributed by atoms with Crippen LogP contribution in [-0.4, -0.2) is 34.8 Å². The molecule has 1 fully saturated rings. The van der Waals surface area contributed by atoms with Crippen LogP contribution in [0.5, 0.6) is 0 Å². The van der Waals surface area contributed by atoms with Crippen molar-refractivity contribution in [2.75, 3.05) is 0 Å². The molecule has 6 nitrogen and oxygen atoms in total. The Morgan fingerprint density at radius 3 is 2.80 bits per heavy atom. The molecule has 3 N–H and O–H groups in total. The number of carbonyl (C=O) groups excluding carboxylic acids is 1. The lowest BCUT2D eigenvalue weighted by molar-refractivity contribution is -0.117. The second kappa shape index (κ2) is 5.66. The molecule has 1 amide bonds. The van der Waals surface area contributed by atoms with Crippen LogP contribution in [-0.2, 0) is 9.63 Å². The van der Waals surface area contributed by atoms with Gasteiger partial charge in [0.05, 0.1) is 6.04 Å². The first kappa shape index (κ1) is 13.2. The van der Waals surface area contributed by atoms with Crippen LogP contribution >= 0.6 is 0 Å². The third-order valence-electron chi connectivity index (χ3n) is 4.19. The zero-order valence-corrected chi connectivity index (χ0v) is 11.4. The first-order chi connectivity index (χ1) is 9.81. The van der Waals surface area contributed by atoms with Crippen LogP contribution in [0.4, 0.5) is 0 Å². The van der Waals surface area contributed by atoms with Crippen molar-refractivity contribution in [3.63, 3.8) is 0 Å². The summed E-state index contributed by atoms with van der Waals surface area (Å²) in [5.74, 6) is 5.17. The molecule has 0 spiro atoms. The predicted octanol–water partition coefficient (Wildman–Crippen LogP) is 0.818. The zero-order chi connectivity index (χ0) is 13.9. The van der Waals surface area contributed by atoms with Crippen LogP contribution in [0.3, 0.4) is 0 Å². The number of oxime groups is 1. The van der Waals surface area contributed by atoms with E-state index in [4.69, 9.17) is 10.7 Å². The standard InChI is InChI=1S/C14H20N4O2/c15-16-14(19)13-17-20-12-9-5-4-8-11(12)18(13)10-6-2-1-3-7-10/h4-5,8-12H,1-3,6-7,15H2,(H,16,19). The van der Waals surface area contributed by atoms with Crippen LogP contribution in [0.2, 0.25) is 0 Å². The van der Waals surface area contributed by atoms with E-state index in [0.29, 0.717) is 11.9 Å². The minimum atomic E-state index is -0.392. The summed E-state index contributed by atoms with van der Waals surface area (Å²) in [6, 6.07) is 0.347. The van der Waals surface area contributed by atoms with Crippen molar-refractivity contribution in [2.45, 2.75) is 50.3 Å². The fourth-order valence-electron chi connectivity index (χ4n) is 3.22.